The van der Waals surface area contributed by atoms with Crippen LogP contribution in [0.3, 0.4) is 0 Å². The lowest BCUT2D eigenvalue weighted by molar-refractivity contribution is 0.0701. The van der Waals surface area contributed by atoms with E-state index in [1.165, 1.54) is 17.8 Å². The molecule has 3 aromatic rings. The molecule has 0 spiro atoms. The summed E-state index contributed by atoms with van der Waals surface area (Å²) in [6.45, 7) is 3.82. The molecule has 1 aliphatic heterocycles. The largest absolute Gasteiger partial charge is 0.364 e. The zero-order valence-corrected chi connectivity index (χ0v) is 16.0. The predicted octanol–water partition coefficient (Wildman–Crippen LogP) is 2.95. The van der Waals surface area contributed by atoms with Crippen LogP contribution in [0.5, 0.6) is 0 Å². The van der Waals surface area contributed by atoms with Crippen LogP contribution in [0.15, 0.2) is 59.8 Å². The van der Waals surface area contributed by atoms with Crippen LogP contribution in [0.25, 0.3) is 0 Å². The number of nitrogens with zero attached hydrogens (tertiary/aromatic N) is 3. The highest BCUT2D eigenvalue weighted by molar-refractivity contribution is 5.93. The highest BCUT2D eigenvalue weighted by Gasteiger charge is 2.29. The van der Waals surface area contributed by atoms with Gasteiger partial charge in [-0.25, -0.2) is 4.98 Å². The molecule has 144 valence electrons. The number of likely N-dealkylation sites (tertiary alicyclic amines) is 1. The molecule has 28 heavy (non-hydrogen) atoms. The molecule has 0 bridgehead atoms. The number of imidazole rings is 1. The first-order chi connectivity index (χ1) is 13.6. The number of piperidine rings is 1. The van der Waals surface area contributed by atoms with Crippen LogP contribution in [0.2, 0.25) is 0 Å². The van der Waals surface area contributed by atoms with E-state index in [0.717, 1.165) is 30.9 Å². The van der Waals surface area contributed by atoms with Crippen molar-refractivity contribution < 1.29 is 4.79 Å². The van der Waals surface area contributed by atoms with E-state index in [1.54, 1.807) is 11.8 Å². The van der Waals surface area contributed by atoms with E-state index in [4.69, 9.17) is 0 Å². The van der Waals surface area contributed by atoms with Crippen molar-refractivity contribution in [2.45, 2.75) is 32.2 Å². The van der Waals surface area contributed by atoms with E-state index in [9.17, 15) is 9.59 Å². The number of amides is 1. The van der Waals surface area contributed by atoms with Gasteiger partial charge in [-0.15, -0.1) is 0 Å². The molecule has 1 atom stereocenters. The van der Waals surface area contributed by atoms with Crippen molar-refractivity contribution in [1.29, 1.82) is 0 Å². The predicted molar refractivity (Wildman–Crippen MR) is 107 cm³/mol. The number of aromatic amines is 1. The topological polar surface area (TPSA) is 71.0 Å². The highest BCUT2D eigenvalue weighted by atomic mass is 16.2. The van der Waals surface area contributed by atoms with Crippen molar-refractivity contribution >= 4 is 5.91 Å². The molecule has 2 aromatic heterocycles. The van der Waals surface area contributed by atoms with Crippen molar-refractivity contribution in [3.63, 3.8) is 0 Å². The maximum Gasteiger partial charge on any atom is 0.259 e. The molecule has 0 saturated carbocycles. The smallest absolute Gasteiger partial charge is 0.259 e. The maximum atomic E-state index is 12.9. The second-order valence-corrected chi connectivity index (χ2v) is 7.38. The molecule has 1 N–H and O–H groups in total. The molecule has 0 aliphatic carbocycles. The van der Waals surface area contributed by atoms with Gasteiger partial charge in [0, 0.05) is 55.9 Å². The van der Waals surface area contributed by atoms with E-state index in [1.807, 2.05) is 30.6 Å². The van der Waals surface area contributed by atoms with E-state index < -0.39 is 0 Å². The normalized spacial score (nSPS) is 16.9. The van der Waals surface area contributed by atoms with Crippen LogP contribution >= 0.6 is 0 Å². The summed E-state index contributed by atoms with van der Waals surface area (Å²) >= 11 is 0. The molecule has 6 nitrogen and oxygen atoms in total. The fourth-order valence-electron chi connectivity index (χ4n) is 3.88. The van der Waals surface area contributed by atoms with Crippen molar-refractivity contribution in [3.8, 4) is 0 Å². The lowest BCUT2D eigenvalue weighted by Crippen LogP contribution is -2.41. The van der Waals surface area contributed by atoms with Crippen molar-refractivity contribution in [3.05, 3.63) is 87.9 Å². The lowest BCUT2D eigenvalue weighted by Gasteiger charge is -2.32. The molecule has 1 amide bonds. The summed E-state index contributed by atoms with van der Waals surface area (Å²) in [6, 6.07) is 11.8. The number of carbonyl (C=O) groups excluding carboxylic acids is 1. The van der Waals surface area contributed by atoms with E-state index in [2.05, 4.69) is 26.7 Å². The summed E-state index contributed by atoms with van der Waals surface area (Å²) in [5.41, 5.74) is 1.95. The number of nitrogens with one attached hydrogen (secondary N) is 1. The number of pyridine rings is 1. The van der Waals surface area contributed by atoms with Gasteiger partial charge in [-0.2, -0.15) is 0 Å². The number of benzene rings is 1. The number of H-pyrrole nitrogens is 1. The zero-order chi connectivity index (χ0) is 19.5. The SMILES string of the molecule is Cc1cc(=O)c(C(=O)N2CCCC(c3nccn3Cc3ccccc3)C2)c[nH]1. The Morgan fingerprint density at radius 3 is 2.89 bits per heavy atom. The molecule has 1 aromatic carbocycles. The molecule has 1 unspecified atom stereocenters. The number of aromatic nitrogens is 3. The summed E-state index contributed by atoms with van der Waals surface area (Å²) < 4.78 is 2.16. The van der Waals surface area contributed by atoms with Gasteiger partial charge in [-0.05, 0) is 25.3 Å². The molecule has 1 aliphatic rings. The molecular weight excluding hydrogens is 352 g/mol. The Kier molecular flexibility index (Phi) is 5.10. The molecular formula is C22H24N4O2. The van der Waals surface area contributed by atoms with Gasteiger partial charge >= 0.3 is 0 Å². The highest BCUT2D eigenvalue weighted by Crippen LogP contribution is 2.27. The molecule has 1 fully saturated rings. The van der Waals surface area contributed by atoms with Crippen molar-refractivity contribution in [2.75, 3.05) is 13.1 Å². The molecule has 6 heteroatoms. The Morgan fingerprint density at radius 1 is 1.29 bits per heavy atom. The quantitative estimate of drug-likeness (QED) is 0.761. The molecule has 1 saturated heterocycles. The van der Waals surface area contributed by atoms with Crippen LogP contribution < -0.4 is 5.43 Å². The molecule has 4 rings (SSSR count). The second kappa shape index (κ2) is 7.84. The first kappa shape index (κ1) is 18.2. The Hall–Kier alpha value is -3.15. The number of hydrogen-bond acceptors (Lipinski definition) is 3. The Morgan fingerprint density at radius 2 is 2.11 bits per heavy atom. The fourth-order valence-corrected chi connectivity index (χ4v) is 3.88. The minimum atomic E-state index is -0.228. The van der Waals surface area contributed by atoms with Gasteiger partial charge in [0.1, 0.15) is 11.4 Å². The van der Waals surface area contributed by atoms with Gasteiger partial charge in [-0.1, -0.05) is 30.3 Å². The maximum absolute atomic E-state index is 12.9. The van der Waals surface area contributed by atoms with Crippen molar-refractivity contribution in [1.82, 2.24) is 19.4 Å². The second-order valence-electron chi connectivity index (χ2n) is 7.38. The third-order valence-corrected chi connectivity index (χ3v) is 5.30. The Bertz CT molecular complexity index is 1020. The lowest BCUT2D eigenvalue weighted by atomic mass is 9.96. The van der Waals surface area contributed by atoms with Gasteiger partial charge in [0.25, 0.3) is 5.91 Å². The third kappa shape index (κ3) is 3.76. The third-order valence-electron chi connectivity index (χ3n) is 5.30. The van der Waals surface area contributed by atoms with Crippen molar-refractivity contribution in [2.24, 2.45) is 0 Å². The summed E-state index contributed by atoms with van der Waals surface area (Å²) in [5, 5.41) is 0. The summed E-state index contributed by atoms with van der Waals surface area (Å²) in [5.74, 6) is 0.965. The average Bonchev–Trinajstić information content (AvgIpc) is 3.16. The Labute approximate surface area is 163 Å². The van der Waals surface area contributed by atoms with E-state index >= 15 is 0 Å². The van der Waals surface area contributed by atoms with Gasteiger partial charge < -0.3 is 14.5 Å². The summed E-state index contributed by atoms with van der Waals surface area (Å²) in [6.07, 6.45) is 7.23. The summed E-state index contributed by atoms with van der Waals surface area (Å²) in [7, 11) is 0. The van der Waals surface area contributed by atoms with Gasteiger partial charge in [0.2, 0.25) is 0 Å². The number of aryl methyl sites for hydroxylation is 1. The Balaban J connectivity index is 1.52. The van der Waals surface area contributed by atoms with E-state index in [-0.39, 0.29) is 22.8 Å². The van der Waals surface area contributed by atoms with Gasteiger partial charge in [0.15, 0.2) is 5.43 Å². The van der Waals surface area contributed by atoms with Crippen LogP contribution in [0, 0.1) is 6.92 Å². The van der Waals surface area contributed by atoms with Crippen LogP contribution in [0.1, 0.15) is 46.2 Å². The van der Waals surface area contributed by atoms with Crippen LogP contribution in [0.4, 0.5) is 0 Å². The minimum absolute atomic E-state index is 0.168. The number of hydrogen-bond donors (Lipinski definition) is 1. The first-order valence-electron chi connectivity index (χ1n) is 9.65. The number of rotatable bonds is 4. The van der Waals surface area contributed by atoms with Gasteiger partial charge in [0.05, 0.1) is 0 Å². The van der Waals surface area contributed by atoms with Crippen LogP contribution in [-0.4, -0.2) is 38.4 Å². The molecule has 0 radical (unpaired) electrons. The minimum Gasteiger partial charge on any atom is -0.364 e. The summed E-state index contributed by atoms with van der Waals surface area (Å²) in [4.78, 5) is 34.5. The standard InChI is InChI=1S/C22H24N4O2/c1-16-12-20(27)19(13-24-16)22(28)26-10-5-8-18(15-26)21-23-9-11-25(21)14-17-6-3-2-4-7-17/h2-4,6-7,9,11-13,18H,5,8,10,14-15H2,1H3,(H,24,27). The average molecular weight is 376 g/mol. The monoisotopic (exact) mass is 376 g/mol. The first-order valence-corrected chi connectivity index (χ1v) is 9.65. The van der Waals surface area contributed by atoms with E-state index in [0.29, 0.717) is 13.1 Å². The molecule has 3 heterocycles. The van der Waals surface area contributed by atoms with Gasteiger partial charge in [-0.3, -0.25) is 9.59 Å². The zero-order valence-electron chi connectivity index (χ0n) is 16.0. The van der Waals surface area contributed by atoms with Crippen LogP contribution in [-0.2, 0) is 6.54 Å². The fraction of sp³-hybridized carbons (Fsp3) is 0.318. The number of carbonyl (C=O) groups is 1.